The fourth-order valence-electron chi connectivity index (χ4n) is 1.45. The number of carbonyl (C=O) groups excluding carboxylic acids is 1. The van der Waals surface area contributed by atoms with E-state index < -0.39 is 0 Å². The number of pyridine rings is 1. The Morgan fingerprint density at radius 2 is 1.78 bits per heavy atom. The molecule has 18 heavy (non-hydrogen) atoms. The van der Waals surface area contributed by atoms with Crippen molar-refractivity contribution in [1.82, 2.24) is 5.32 Å². The first-order valence-corrected chi connectivity index (χ1v) is 5.74. The van der Waals surface area contributed by atoms with Crippen LogP contribution in [0, 0.1) is 5.21 Å². The van der Waals surface area contributed by atoms with Gasteiger partial charge in [0.1, 0.15) is 0 Å². The Bertz CT molecular complexity index is 538. The molecule has 0 radical (unpaired) electrons. The summed E-state index contributed by atoms with van der Waals surface area (Å²) in [6, 6.07) is 9.98. The molecule has 0 saturated heterocycles. The summed E-state index contributed by atoms with van der Waals surface area (Å²) in [5, 5.41) is 14.2. The second-order valence-corrected chi connectivity index (χ2v) is 4.19. The molecule has 0 unspecified atom stereocenters. The van der Waals surface area contributed by atoms with Crippen LogP contribution in [-0.4, -0.2) is 5.91 Å². The van der Waals surface area contributed by atoms with E-state index in [1.807, 2.05) is 0 Å². The highest BCUT2D eigenvalue weighted by Crippen LogP contribution is 2.09. The molecule has 0 atom stereocenters. The molecule has 1 amide bonds. The van der Waals surface area contributed by atoms with E-state index in [0.717, 1.165) is 5.56 Å². The molecule has 0 aliphatic carbocycles. The van der Waals surface area contributed by atoms with Crippen LogP contribution in [0.2, 0.25) is 5.02 Å². The highest BCUT2D eigenvalue weighted by molar-refractivity contribution is 6.30. The van der Waals surface area contributed by atoms with E-state index in [-0.39, 0.29) is 5.91 Å². The summed E-state index contributed by atoms with van der Waals surface area (Å²) in [6.45, 7) is 0.377. The zero-order valence-corrected chi connectivity index (χ0v) is 10.2. The Hall–Kier alpha value is -2.07. The number of rotatable bonds is 3. The molecule has 1 N–H and O–H groups in total. The minimum Gasteiger partial charge on any atom is -0.619 e. The van der Waals surface area contributed by atoms with E-state index in [4.69, 9.17) is 11.6 Å². The Morgan fingerprint density at radius 1 is 1.17 bits per heavy atom. The summed E-state index contributed by atoms with van der Waals surface area (Å²) in [4.78, 5) is 11.8. The second kappa shape index (κ2) is 5.51. The Labute approximate surface area is 109 Å². The van der Waals surface area contributed by atoms with Crippen molar-refractivity contribution in [2.75, 3.05) is 0 Å². The predicted octanol–water partition coefficient (Wildman–Crippen LogP) is 1.90. The first-order chi connectivity index (χ1) is 8.65. The van der Waals surface area contributed by atoms with Crippen LogP contribution in [0.4, 0.5) is 0 Å². The molecule has 0 fully saturated rings. The van der Waals surface area contributed by atoms with Gasteiger partial charge < -0.3 is 10.5 Å². The van der Waals surface area contributed by atoms with Gasteiger partial charge in [0, 0.05) is 29.3 Å². The summed E-state index contributed by atoms with van der Waals surface area (Å²) in [6.07, 6.45) is 2.79. The quantitative estimate of drug-likeness (QED) is 0.679. The summed E-state index contributed by atoms with van der Waals surface area (Å²) >= 11 is 5.74. The lowest BCUT2D eigenvalue weighted by atomic mass is 10.2. The SMILES string of the molecule is O=C(NCc1cc[n+]([O-])cc1)c1ccc(Cl)cc1. The van der Waals surface area contributed by atoms with Crippen LogP contribution in [-0.2, 0) is 6.54 Å². The average Bonchev–Trinajstić information content (AvgIpc) is 2.38. The van der Waals surface area contributed by atoms with E-state index in [0.29, 0.717) is 21.9 Å². The van der Waals surface area contributed by atoms with E-state index in [2.05, 4.69) is 5.32 Å². The Balaban J connectivity index is 1.96. The van der Waals surface area contributed by atoms with Gasteiger partial charge in [-0.15, -0.1) is 0 Å². The molecular formula is C13H11ClN2O2. The van der Waals surface area contributed by atoms with Gasteiger partial charge in [-0.3, -0.25) is 4.79 Å². The summed E-state index contributed by atoms with van der Waals surface area (Å²) < 4.78 is 0.699. The molecule has 0 bridgehead atoms. The smallest absolute Gasteiger partial charge is 0.251 e. The highest BCUT2D eigenvalue weighted by Gasteiger charge is 2.05. The normalized spacial score (nSPS) is 10.1. The maximum absolute atomic E-state index is 11.8. The van der Waals surface area contributed by atoms with Crippen molar-refractivity contribution in [3.8, 4) is 0 Å². The molecule has 4 nitrogen and oxygen atoms in total. The van der Waals surface area contributed by atoms with Crippen LogP contribution in [0.25, 0.3) is 0 Å². The Morgan fingerprint density at radius 3 is 2.39 bits per heavy atom. The number of aromatic nitrogens is 1. The van der Waals surface area contributed by atoms with E-state index >= 15 is 0 Å². The summed E-state index contributed by atoms with van der Waals surface area (Å²) in [7, 11) is 0. The first kappa shape index (κ1) is 12.4. The number of carbonyl (C=O) groups is 1. The van der Waals surface area contributed by atoms with Gasteiger partial charge in [0.2, 0.25) is 0 Å². The van der Waals surface area contributed by atoms with Crippen molar-refractivity contribution >= 4 is 17.5 Å². The average molecular weight is 263 g/mol. The largest absolute Gasteiger partial charge is 0.619 e. The number of nitrogens with one attached hydrogen (secondary N) is 1. The zero-order chi connectivity index (χ0) is 13.0. The van der Waals surface area contributed by atoms with E-state index in [9.17, 15) is 10.0 Å². The first-order valence-electron chi connectivity index (χ1n) is 5.36. The van der Waals surface area contributed by atoms with Crippen LogP contribution in [0.5, 0.6) is 0 Å². The fraction of sp³-hybridized carbons (Fsp3) is 0.0769. The number of benzene rings is 1. The molecular weight excluding hydrogens is 252 g/mol. The molecule has 1 heterocycles. The highest BCUT2D eigenvalue weighted by atomic mass is 35.5. The van der Waals surface area contributed by atoms with Crippen molar-refractivity contribution in [3.05, 3.63) is 70.1 Å². The van der Waals surface area contributed by atoms with Crippen LogP contribution < -0.4 is 10.0 Å². The van der Waals surface area contributed by atoms with Crippen molar-refractivity contribution in [2.24, 2.45) is 0 Å². The molecule has 1 aromatic carbocycles. The van der Waals surface area contributed by atoms with Crippen molar-refractivity contribution < 1.29 is 9.52 Å². The predicted molar refractivity (Wildman–Crippen MR) is 68.0 cm³/mol. The number of nitrogens with zero attached hydrogens (tertiary/aromatic N) is 1. The third kappa shape index (κ3) is 3.21. The van der Waals surface area contributed by atoms with Gasteiger partial charge in [0.15, 0.2) is 12.4 Å². The molecule has 0 spiro atoms. The minimum absolute atomic E-state index is 0.175. The third-order valence-corrected chi connectivity index (χ3v) is 2.68. The monoisotopic (exact) mass is 262 g/mol. The molecule has 0 saturated carbocycles. The lowest BCUT2D eigenvalue weighted by molar-refractivity contribution is -0.605. The van der Waals surface area contributed by atoms with E-state index in [1.54, 1.807) is 36.4 Å². The topological polar surface area (TPSA) is 56.0 Å². The number of hydrogen-bond donors (Lipinski definition) is 1. The van der Waals surface area contributed by atoms with Crippen LogP contribution >= 0.6 is 11.6 Å². The molecule has 1 aromatic heterocycles. The number of halogens is 1. The summed E-state index contributed by atoms with van der Waals surface area (Å²) in [5.41, 5.74) is 1.42. The Kier molecular flexibility index (Phi) is 3.79. The summed E-state index contributed by atoms with van der Waals surface area (Å²) in [5.74, 6) is -0.175. The van der Waals surface area contributed by atoms with Crippen molar-refractivity contribution in [3.63, 3.8) is 0 Å². The molecule has 5 heteroatoms. The van der Waals surface area contributed by atoms with Crippen LogP contribution in [0.15, 0.2) is 48.8 Å². The number of hydrogen-bond acceptors (Lipinski definition) is 2. The fourth-order valence-corrected chi connectivity index (χ4v) is 1.57. The standard InChI is InChI=1S/C13H11ClN2O2/c14-12-3-1-11(2-4-12)13(17)15-9-10-5-7-16(18)8-6-10/h1-8H,9H2,(H,15,17). The van der Waals surface area contributed by atoms with Crippen molar-refractivity contribution in [2.45, 2.75) is 6.54 Å². The zero-order valence-electron chi connectivity index (χ0n) is 9.47. The lowest BCUT2D eigenvalue weighted by Crippen LogP contribution is -2.26. The molecule has 2 rings (SSSR count). The third-order valence-electron chi connectivity index (χ3n) is 2.43. The second-order valence-electron chi connectivity index (χ2n) is 3.76. The molecule has 2 aromatic rings. The molecule has 92 valence electrons. The van der Waals surface area contributed by atoms with Gasteiger partial charge in [0.25, 0.3) is 5.91 Å². The van der Waals surface area contributed by atoms with Crippen LogP contribution in [0.3, 0.4) is 0 Å². The van der Waals surface area contributed by atoms with Gasteiger partial charge in [0.05, 0.1) is 0 Å². The number of amides is 1. The van der Waals surface area contributed by atoms with E-state index in [1.165, 1.54) is 12.4 Å². The van der Waals surface area contributed by atoms with Gasteiger partial charge in [-0.2, -0.15) is 4.73 Å². The minimum atomic E-state index is -0.175. The lowest BCUT2D eigenvalue weighted by Gasteiger charge is -2.05. The molecule has 0 aliphatic rings. The van der Waals surface area contributed by atoms with Gasteiger partial charge in [-0.1, -0.05) is 11.6 Å². The van der Waals surface area contributed by atoms with Crippen molar-refractivity contribution in [1.29, 1.82) is 0 Å². The van der Waals surface area contributed by atoms with Gasteiger partial charge >= 0.3 is 0 Å². The van der Waals surface area contributed by atoms with Gasteiger partial charge in [-0.05, 0) is 29.8 Å². The maximum Gasteiger partial charge on any atom is 0.251 e. The van der Waals surface area contributed by atoms with Gasteiger partial charge in [-0.25, -0.2) is 0 Å². The van der Waals surface area contributed by atoms with Crippen LogP contribution in [0.1, 0.15) is 15.9 Å². The molecule has 0 aliphatic heterocycles. The maximum atomic E-state index is 11.8.